The summed E-state index contributed by atoms with van der Waals surface area (Å²) in [6, 6.07) is 23.5. The van der Waals surface area contributed by atoms with E-state index < -0.39 is 0 Å². The number of hydrogen-bond donors (Lipinski definition) is 1. The molecule has 35 heavy (non-hydrogen) atoms. The quantitative estimate of drug-likeness (QED) is 0.451. The summed E-state index contributed by atoms with van der Waals surface area (Å²) in [7, 11) is 0. The van der Waals surface area contributed by atoms with Crippen LogP contribution in [0.2, 0.25) is 0 Å². The third-order valence-electron chi connectivity index (χ3n) is 6.51. The Labute approximate surface area is 205 Å². The monoisotopic (exact) mass is 467 g/mol. The molecular weight excluding hydrogens is 438 g/mol. The van der Waals surface area contributed by atoms with Crippen LogP contribution in [0.25, 0.3) is 10.9 Å². The SMILES string of the molecule is Cc1cccc(COc2cccc(C(=O)N3CCN(C(=O)Cc4c[nH]c5ccccc45)CC3)c2)c1. The molecule has 3 aromatic carbocycles. The molecule has 0 saturated carbocycles. The molecule has 1 aliphatic heterocycles. The van der Waals surface area contributed by atoms with Crippen LogP contribution < -0.4 is 4.74 Å². The van der Waals surface area contributed by atoms with E-state index in [1.165, 1.54) is 5.56 Å². The molecule has 1 N–H and O–H groups in total. The maximum Gasteiger partial charge on any atom is 0.254 e. The number of H-pyrrole nitrogens is 1. The molecule has 2 heterocycles. The summed E-state index contributed by atoms with van der Waals surface area (Å²) in [5.74, 6) is 0.730. The van der Waals surface area contributed by atoms with Gasteiger partial charge in [-0.15, -0.1) is 0 Å². The fourth-order valence-electron chi connectivity index (χ4n) is 4.58. The Morgan fingerprint density at radius 1 is 0.886 bits per heavy atom. The second-order valence-corrected chi connectivity index (χ2v) is 9.01. The van der Waals surface area contributed by atoms with Crippen LogP contribution >= 0.6 is 0 Å². The first kappa shape index (κ1) is 22.7. The van der Waals surface area contributed by atoms with Crippen LogP contribution in [0, 0.1) is 6.92 Å². The van der Waals surface area contributed by atoms with Crippen molar-refractivity contribution in [3.63, 3.8) is 0 Å². The predicted octanol–water partition coefficient (Wildman–Crippen LogP) is 4.58. The van der Waals surface area contributed by atoms with Crippen LogP contribution in [-0.4, -0.2) is 52.8 Å². The number of para-hydroxylation sites is 1. The van der Waals surface area contributed by atoms with Crippen LogP contribution in [0.1, 0.15) is 27.0 Å². The van der Waals surface area contributed by atoms with Gasteiger partial charge in [0.25, 0.3) is 5.91 Å². The number of nitrogens with one attached hydrogen (secondary N) is 1. The fraction of sp³-hybridized carbons (Fsp3) is 0.241. The van der Waals surface area contributed by atoms with Gasteiger partial charge in [0.15, 0.2) is 0 Å². The van der Waals surface area contributed by atoms with E-state index >= 15 is 0 Å². The molecule has 0 bridgehead atoms. The molecule has 0 aliphatic carbocycles. The number of carbonyl (C=O) groups is 2. The number of fused-ring (bicyclic) bond motifs is 1. The summed E-state index contributed by atoms with van der Waals surface area (Å²) < 4.78 is 5.93. The van der Waals surface area contributed by atoms with Gasteiger partial charge in [-0.1, -0.05) is 54.1 Å². The van der Waals surface area contributed by atoms with E-state index in [9.17, 15) is 9.59 Å². The number of aromatic nitrogens is 1. The molecule has 6 heteroatoms. The number of aryl methyl sites for hydroxylation is 1. The highest BCUT2D eigenvalue weighted by Gasteiger charge is 2.25. The number of piperazine rings is 1. The van der Waals surface area contributed by atoms with E-state index in [2.05, 4.69) is 24.0 Å². The fourth-order valence-corrected chi connectivity index (χ4v) is 4.58. The number of hydrogen-bond acceptors (Lipinski definition) is 3. The third-order valence-corrected chi connectivity index (χ3v) is 6.51. The first-order valence-corrected chi connectivity index (χ1v) is 12.0. The van der Waals surface area contributed by atoms with Crippen LogP contribution in [0.15, 0.2) is 79.0 Å². The van der Waals surface area contributed by atoms with Crippen molar-refractivity contribution >= 4 is 22.7 Å². The second kappa shape index (κ2) is 10.1. The average molecular weight is 468 g/mol. The van der Waals surface area contributed by atoms with Crippen LogP contribution in [0.4, 0.5) is 0 Å². The number of aromatic amines is 1. The van der Waals surface area contributed by atoms with Gasteiger partial charge in [-0.3, -0.25) is 9.59 Å². The second-order valence-electron chi connectivity index (χ2n) is 9.01. The van der Waals surface area contributed by atoms with E-state index in [-0.39, 0.29) is 11.8 Å². The molecule has 2 amide bonds. The lowest BCUT2D eigenvalue weighted by atomic mass is 10.1. The summed E-state index contributed by atoms with van der Waals surface area (Å²) in [5, 5.41) is 1.08. The standard InChI is InChI=1S/C29H29N3O3/c1-21-6-4-7-22(16-21)20-35-25-9-5-8-23(17-25)29(34)32-14-12-31(13-15-32)28(33)18-24-19-30-27-11-3-2-10-26(24)27/h2-11,16-17,19,30H,12-15,18,20H2,1H3. The number of nitrogens with zero attached hydrogens (tertiary/aromatic N) is 2. The minimum Gasteiger partial charge on any atom is -0.489 e. The first-order valence-electron chi connectivity index (χ1n) is 12.0. The summed E-state index contributed by atoms with van der Waals surface area (Å²) in [4.78, 5) is 32.9. The smallest absolute Gasteiger partial charge is 0.254 e. The van der Waals surface area contributed by atoms with Crippen molar-refractivity contribution in [2.24, 2.45) is 0 Å². The van der Waals surface area contributed by atoms with Crippen LogP contribution in [0.3, 0.4) is 0 Å². The van der Waals surface area contributed by atoms with Gasteiger partial charge in [-0.05, 0) is 42.3 Å². The zero-order valence-corrected chi connectivity index (χ0v) is 19.9. The lowest BCUT2D eigenvalue weighted by Crippen LogP contribution is -2.51. The zero-order valence-electron chi connectivity index (χ0n) is 19.9. The van der Waals surface area contributed by atoms with Gasteiger partial charge in [-0.25, -0.2) is 0 Å². The van der Waals surface area contributed by atoms with Crippen LogP contribution in [0.5, 0.6) is 5.75 Å². The largest absolute Gasteiger partial charge is 0.489 e. The Hall–Kier alpha value is -4.06. The summed E-state index contributed by atoms with van der Waals surface area (Å²) in [6.45, 7) is 4.63. The third kappa shape index (κ3) is 5.22. The van der Waals surface area contributed by atoms with E-state index in [0.717, 1.165) is 22.0 Å². The Balaban J connectivity index is 1.16. The van der Waals surface area contributed by atoms with Crippen molar-refractivity contribution in [3.05, 3.63) is 101 Å². The number of ether oxygens (including phenoxy) is 1. The van der Waals surface area contributed by atoms with Crippen molar-refractivity contribution in [1.82, 2.24) is 14.8 Å². The summed E-state index contributed by atoms with van der Waals surface area (Å²) in [6.07, 6.45) is 2.27. The molecule has 6 nitrogen and oxygen atoms in total. The Kier molecular flexibility index (Phi) is 6.53. The lowest BCUT2D eigenvalue weighted by molar-refractivity contribution is -0.131. The predicted molar refractivity (Wildman–Crippen MR) is 136 cm³/mol. The lowest BCUT2D eigenvalue weighted by Gasteiger charge is -2.35. The maximum atomic E-state index is 13.1. The van der Waals surface area contributed by atoms with Gasteiger partial charge < -0.3 is 19.5 Å². The van der Waals surface area contributed by atoms with E-state index in [0.29, 0.717) is 50.5 Å². The minimum absolute atomic E-state index is 0.0327. The summed E-state index contributed by atoms with van der Waals surface area (Å²) >= 11 is 0. The normalized spacial score (nSPS) is 13.7. The zero-order chi connectivity index (χ0) is 24.2. The van der Waals surface area contributed by atoms with Crippen LogP contribution in [-0.2, 0) is 17.8 Å². The molecule has 1 fully saturated rings. The highest BCUT2D eigenvalue weighted by atomic mass is 16.5. The molecule has 0 unspecified atom stereocenters. The van der Waals surface area contributed by atoms with Crippen molar-refractivity contribution in [1.29, 1.82) is 0 Å². The molecule has 0 atom stereocenters. The highest BCUT2D eigenvalue weighted by Crippen LogP contribution is 2.20. The molecule has 1 aliphatic rings. The number of amides is 2. The molecule has 1 saturated heterocycles. The molecule has 5 rings (SSSR count). The Morgan fingerprint density at radius 3 is 2.49 bits per heavy atom. The van der Waals surface area contributed by atoms with Gasteiger partial charge in [-0.2, -0.15) is 0 Å². The van der Waals surface area contributed by atoms with Crippen molar-refractivity contribution in [3.8, 4) is 5.75 Å². The molecule has 178 valence electrons. The molecule has 0 radical (unpaired) electrons. The van der Waals surface area contributed by atoms with Crippen molar-refractivity contribution in [2.45, 2.75) is 20.0 Å². The van der Waals surface area contributed by atoms with E-state index in [1.54, 1.807) is 6.07 Å². The molecular formula is C29H29N3O3. The Bertz CT molecular complexity index is 1350. The van der Waals surface area contributed by atoms with Gasteiger partial charge in [0, 0.05) is 48.8 Å². The van der Waals surface area contributed by atoms with E-state index in [4.69, 9.17) is 4.74 Å². The molecule has 4 aromatic rings. The maximum absolute atomic E-state index is 13.1. The van der Waals surface area contributed by atoms with Crippen molar-refractivity contribution < 1.29 is 14.3 Å². The topological polar surface area (TPSA) is 65.6 Å². The van der Waals surface area contributed by atoms with E-state index in [1.807, 2.05) is 70.6 Å². The molecule has 0 spiro atoms. The highest BCUT2D eigenvalue weighted by molar-refractivity contribution is 5.95. The van der Waals surface area contributed by atoms with Crippen molar-refractivity contribution in [2.75, 3.05) is 26.2 Å². The minimum atomic E-state index is -0.0327. The number of rotatable bonds is 6. The van der Waals surface area contributed by atoms with Gasteiger partial charge in [0.1, 0.15) is 12.4 Å². The number of benzene rings is 3. The summed E-state index contributed by atoms with van der Waals surface area (Å²) in [5.41, 5.74) is 4.93. The van der Waals surface area contributed by atoms with Gasteiger partial charge >= 0.3 is 0 Å². The number of carbonyl (C=O) groups excluding carboxylic acids is 2. The van der Waals surface area contributed by atoms with Gasteiger partial charge in [0.2, 0.25) is 5.91 Å². The van der Waals surface area contributed by atoms with Gasteiger partial charge in [0.05, 0.1) is 6.42 Å². The Morgan fingerprint density at radius 2 is 1.66 bits per heavy atom. The first-order chi connectivity index (χ1) is 17.1. The average Bonchev–Trinajstić information content (AvgIpc) is 3.30. The molecule has 1 aromatic heterocycles.